The van der Waals surface area contributed by atoms with E-state index < -0.39 is 10.1 Å². The van der Waals surface area contributed by atoms with Crippen molar-refractivity contribution < 1.29 is 17.0 Å². The molecule has 6 heteroatoms. The molecule has 17 heavy (non-hydrogen) atoms. The molecule has 0 unspecified atom stereocenters. The maximum absolute atomic E-state index is 11.1. The summed E-state index contributed by atoms with van der Waals surface area (Å²) in [5, 5.41) is 0. The van der Waals surface area contributed by atoms with Crippen LogP contribution in [0, 0.1) is 0 Å². The van der Waals surface area contributed by atoms with Crippen LogP contribution in [0.1, 0.15) is 0 Å². The molecule has 4 nitrogen and oxygen atoms in total. The van der Waals surface area contributed by atoms with Gasteiger partial charge in [0.05, 0.1) is 18.8 Å². The molecule has 0 atom stereocenters. The quantitative estimate of drug-likeness (QED) is 0.625. The summed E-state index contributed by atoms with van der Waals surface area (Å²) in [7, 11) is -3.52. The smallest absolute Gasteiger partial charge is 0.306 e. The third-order valence-corrected chi connectivity index (χ3v) is 2.44. The first-order chi connectivity index (χ1) is 7.56. The topological polar surface area (TPSA) is 56.5 Å². The van der Waals surface area contributed by atoms with Gasteiger partial charge in [0.2, 0.25) is 0 Å². The third kappa shape index (κ3) is 3.89. The Morgan fingerprint density at radius 2 is 1.88 bits per heavy atom. The van der Waals surface area contributed by atoms with E-state index in [9.17, 15) is 8.42 Å². The van der Waals surface area contributed by atoms with Crippen LogP contribution in [0.15, 0.2) is 47.3 Å². The molecule has 85 valence electrons. The molecule has 0 saturated heterocycles. The van der Waals surface area contributed by atoms with Gasteiger partial charge in [-0.25, -0.2) is 0 Å². The van der Waals surface area contributed by atoms with Crippen LogP contribution in [0.25, 0.3) is 11.1 Å². The fourth-order valence-electron chi connectivity index (χ4n) is 1.36. The largest absolute Gasteiger partial charge is 0.472 e. The summed E-state index contributed by atoms with van der Waals surface area (Å²) in [6.45, 7) is 0. The molecule has 0 aliphatic rings. The molecule has 0 aliphatic heterocycles. The van der Waals surface area contributed by atoms with Gasteiger partial charge in [-0.2, -0.15) is 8.42 Å². The minimum atomic E-state index is -3.52. The molecule has 0 aliphatic carbocycles. The van der Waals surface area contributed by atoms with Crippen LogP contribution in [0.4, 0.5) is 0 Å². The monoisotopic (exact) mass is 261 g/mol. The van der Waals surface area contributed by atoms with Crippen LogP contribution in [0.5, 0.6) is 5.75 Å². The number of furan rings is 1. The molecule has 0 fully saturated rings. The molecule has 0 saturated carbocycles. The minimum Gasteiger partial charge on any atom is -0.472 e. The van der Waals surface area contributed by atoms with Gasteiger partial charge in [0.15, 0.2) is 5.75 Å². The molecule has 0 spiro atoms. The Labute approximate surface area is 122 Å². The molecule has 0 N–H and O–H groups in total. The number of rotatable bonds is 3. The molecular formula is C11H10NaO4S. The molecule has 1 aromatic heterocycles. The van der Waals surface area contributed by atoms with Gasteiger partial charge in [-0.05, 0) is 12.1 Å². The van der Waals surface area contributed by atoms with E-state index >= 15 is 0 Å². The first-order valence-electron chi connectivity index (χ1n) is 4.57. The molecule has 1 heterocycles. The Morgan fingerprint density at radius 1 is 1.18 bits per heavy atom. The van der Waals surface area contributed by atoms with Crippen molar-refractivity contribution in [2.45, 2.75) is 0 Å². The Hall–Kier alpha value is -0.750. The molecule has 0 amide bonds. The summed E-state index contributed by atoms with van der Waals surface area (Å²) in [5.41, 5.74) is 1.46. The van der Waals surface area contributed by atoms with E-state index in [1.165, 1.54) is 12.5 Å². The van der Waals surface area contributed by atoms with E-state index in [-0.39, 0.29) is 29.6 Å². The Morgan fingerprint density at radius 3 is 2.47 bits per heavy atom. The maximum atomic E-state index is 11.1. The van der Waals surface area contributed by atoms with Gasteiger partial charge in [-0.15, -0.1) is 0 Å². The van der Waals surface area contributed by atoms with Gasteiger partial charge in [-0.1, -0.05) is 18.2 Å². The number of hydrogen-bond acceptors (Lipinski definition) is 4. The average molecular weight is 261 g/mol. The fourth-order valence-corrected chi connectivity index (χ4v) is 1.83. The van der Waals surface area contributed by atoms with Crippen LogP contribution in [-0.4, -0.2) is 44.2 Å². The number of para-hydroxylation sites is 1. The molecular weight excluding hydrogens is 251 g/mol. The zero-order valence-electron chi connectivity index (χ0n) is 9.58. The summed E-state index contributed by atoms with van der Waals surface area (Å²) in [4.78, 5) is 0. The van der Waals surface area contributed by atoms with Crippen molar-refractivity contribution in [1.29, 1.82) is 0 Å². The standard InChI is InChI=1S/C11H10O4S.Na/c1-16(12,13)15-11-5-3-2-4-10(11)9-6-7-14-8-9;/h2-8H,1H3;. The number of benzene rings is 1. The average Bonchev–Trinajstić information content (AvgIpc) is 2.69. The van der Waals surface area contributed by atoms with Crippen molar-refractivity contribution in [3.63, 3.8) is 0 Å². The second kappa shape index (κ2) is 5.73. The van der Waals surface area contributed by atoms with E-state index in [0.29, 0.717) is 11.3 Å². The van der Waals surface area contributed by atoms with Crippen LogP contribution >= 0.6 is 0 Å². The van der Waals surface area contributed by atoms with E-state index in [2.05, 4.69) is 0 Å². The normalized spacial score (nSPS) is 10.6. The van der Waals surface area contributed by atoms with Crippen molar-refractivity contribution in [2.24, 2.45) is 0 Å². The van der Waals surface area contributed by atoms with E-state index in [1.54, 1.807) is 30.3 Å². The van der Waals surface area contributed by atoms with Crippen molar-refractivity contribution >= 4 is 39.7 Å². The van der Waals surface area contributed by atoms with Gasteiger partial charge in [-0.3, -0.25) is 0 Å². The van der Waals surface area contributed by atoms with E-state index in [1.807, 2.05) is 0 Å². The first-order valence-corrected chi connectivity index (χ1v) is 6.39. The summed E-state index contributed by atoms with van der Waals surface area (Å²) in [6.07, 6.45) is 4.07. The third-order valence-electron chi connectivity index (χ3n) is 1.96. The van der Waals surface area contributed by atoms with Gasteiger partial charge < -0.3 is 8.60 Å². The van der Waals surface area contributed by atoms with Crippen molar-refractivity contribution in [2.75, 3.05) is 6.26 Å². The minimum absolute atomic E-state index is 0. The molecule has 2 rings (SSSR count). The maximum Gasteiger partial charge on any atom is 0.306 e. The van der Waals surface area contributed by atoms with Gasteiger partial charge in [0, 0.05) is 40.7 Å². The SMILES string of the molecule is CS(=O)(=O)Oc1ccccc1-c1ccoc1.[Na]. The van der Waals surface area contributed by atoms with Crippen molar-refractivity contribution in [3.8, 4) is 16.9 Å². The van der Waals surface area contributed by atoms with E-state index in [0.717, 1.165) is 11.8 Å². The fraction of sp³-hybridized carbons (Fsp3) is 0.0909. The predicted molar refractivity (Wildman–Crippen MR) is 65.4 cm³/mol. The molecule has 1 radical (unpaired) electrons. The second-order valence-corrected chi connectivity index (χ2v) is 4.87. The molecule has 1 aromatic carbocycles. The second-order valence-electron chi connectivity index (χ2n) is 3.30. The first kappa shape index (κ1) is 14.3. The van der Waals surface area contributed by atoms with Gasteiger partial charge in [0.25, 0.3) is 0 Å². The van der Waals surface area contributed by atoms with Gasteiger partial charge >= 0.3 is 10.1 Å². The van der Waals surface area contributed by atoms with Crippen molar-refractivity contribution in [3.05, 3.63) is 42.9 Å². The van der Waals surface area contributed by atoms with Crippen LogP contribution < -0.4 is 4.18 Å². The number of hydrogen-bond donors (Lipinski definition) is 0. The van der Waals surface area contributed by atoms with Crippen LogP contribution in [0.3, 0.4) is 0 Å². The Kier molecular flexibility index (Phi) is 4.82. The summed E-state index contributed by atoms with van der Waals surface area (Å²) in [6, 6.07) is 8.63. The summed E-state index contributed by atoms with van der Waals surface area (Å²) >= 11 is 0. The van der Waals surface area contributed by atoms with Crippen LogP contribution in [-0.2, 0) is 10.1 Å². The van der Waals surface area contributed by atoms with E-state index in [4.69, 9.17) is 8.60 Å². The Bertz CT molecular complexity index is 575. The van der Waals surface area contributed by atoms with Gasteiger partial charge in [0.1, 0.15) is 0 Å². The van der Waals surface area contributed by atoms with Crippen LogP contribution in [0.2, 0.25) is 0 Å². The molecule has 0 bridgehead atoms. The summed E-state index contributed by atoms with van der Waals surface area (Å²) in [5.74, 6) is 0.298. The molecule has 2 aromatic rings. The Balaban J connectivity index is 0.00000144. The predicted octanol–water partition coefficient (Wildman–Crippen LogP) is 1.90. The van der Waals surface area contributed by atoms with Crippen molar-refractivity contribution in [1.82, 2.24) is 0 Å². The zero-order chi connectivity index (χ0) is 11.6. The zero-order valence-corrected chi connectivity index (χ0v) is 12.4. The summed E-state index contributed by atoms with van der Waals surface area (Å²) < 4.78 is 32.0.